The van der Waals surface area contributed by atoms with Crippen LogP contribution in [0, 0.1) is 6.92 Å². The zero-order valence-corrected chi connectivity index (χ0v) is 20.7. The van der Waals surface area contributed by atoms with Crippen molar-refractivity contribution in [2.24, 2.45) is 0 Å². The van der Waals surface area contributed by atoms with Gasteiger partial charge in [0.2, 0.25) is 0 Å². The van der Waals surface area contributed by atoms with E-state index in [1.807, 2.05) is 61.5 Å². The first-order chi connectivity index (χ1) is 16.0. The lowest BCUT2D eigenvalue weighted by molar-refractivity contribution is 0.0376. The number of carbonyl (C=O) groups excluding carboxylic acids is 1. The highest BCUT2D eigenvalue weighted by Gasteiger charge is 2.26. The van der Waals surface area contributed by atoms with Crippen LogP contribution < -0.4 is 9.64 Å². The fourth-order valence-electron chi connectivity index (χ4n) is 4.03. The largest absolute Gasteiger partial charge is 0.494 e. The Kier molecular flexibility index (Phi) is 7.62. The smallest absolute Gasteiger partial charge is 0.278 e. The average molecular weight is 472 g/mol. The van der Waals surface area contributed by atoms with Crippen molar-refractivity contribution in [3.8, 4) is 5.75 Å². The van der Waals surface area contributed by atoms with Crippen molar-refractivity contribution in [1.82, 2.24) is 19.7 Å². The normalized spacial score (nSPS) is 14.8. The quantitative estimate of drug-likeness (QED) is 0.467. The Morgan fingerprint density at radius 2 is 2.06 bits per heavy atom. The summed E-state index contributed by atoms with van der Waals surface area (Å²) in [7, 11) is 0. The molecule has 33 heavy (non-hydrogen) atoms. The van der Waals surface area contributed by atoms with Crippen LogP contribution >= 0.6 is 11.3 Å². The van der Waals surface area contributed by atoms with Gasteiger partial charge >= 0.3 is 0 Å². The predicted molar refractivity (Wildman–Crippen MR) is 132 cm³/mol. The average Bonchev–Trinajstić information content (AvgIpc) is 3.40. The van der Waals surface area contributed by atoms with E-state index >= 15 is 0 Å². The number of ether oxygens (including phenoxy) is 2. The van der Waals surface area contributed by atoms with Crippen molar-refractivity contribution in [3.63, 3.8) is 0 Å². The van der Waals surface area contributed by atoms with E-state index in [1.165, 1.54) is 11.3 Å². The summed E-state index contributed by atoms with van der Waals surface area (Å²) in [6.45, 7) is 13.5. The molecule has 2 aromatic heterocycles. The Hall–Kier alpha value is -2.49. The van der Waals surface area contributed by atoms with Crippen molar-refractivity contribution < 1.29 is 14.3 Å². The minimum Gasteiger partial charge on any atom is -0.494 e. The molecule has 1 aliphatic heterocycles. The number of aromatic nitrogens is 3. The molecule has 1 saturated heterocycles. The number of hydrogen-bond donors (Lipinski definition) is 0. The maximum Gasteiger partial charge on any atom is 0.278 e. The molecule has 3 aromatic rings. The van der Waals surface area contributed by atoms with Gasteiger partial charge in [-0.1, -0.05) is 11.3 Å². The number of thiazole rings is 1. The molecule has 0 radical (unpaired) electrons. The van der Waals surface area contributed by atoms with Gasteiger partial charge in [0.05, 0.1) is 35.7 Å². The van der Waals surface area contributed by atoms with Crippen LogP contribution in [0.4, 0.5) is 5.13 Å². The molecule has 0 N–H and O–H groups in total. The summed E-state index contributed by atoms with van der Waals surface area (Å²) >= 11 is 1.53. The number of amides is 1. The number of carbonyl (C=O) groups is 1. The molecule has 0 saturated carbocycles. The Balaban J connectivity index is 1.62. The van der Waals surface area contributed by atoms with Crippen LogP contribution in [0.1, 0.15) is 49.4 Å². The van der Waals surface area contributed by atoms with Crippen molar-refractivity contribution in [1.29, 1.82) is 0 Å². The molecular formula is C24H33N5O3S. The third kappa shape index (κ3) is 5.54. The monoisotopic (exact) mass is 471 g/mol. The lowest BCUT2D eigenvalue weighted by Crippen LogP contribution is -2.39. The van der Waals surface area contributed by atoms with Gasteiger partial charge < -0.3 is 9.47 Å². The van der Waals surface area contributed by atoms with Crippen LogP contribution in [0.25, 0.3) is 10.2 Å². The molecular weight excluding hydrogens is 438 g/mol. The number of hydrogen-bond acceptors (Lipinski definition) is 7. The third-order valence-corrected chi connectivity index (χ3v) is 6.70. The first-order valence-corrected chi connectivity index (χ1v) is 12.5. The minimum atomic E-state index is -0.0598. The number of morpholine rings is 1. The summed E-state index contributed by atoms with van der Waals surface area (Å²) in [6.07, 6.45) is 0.862. The van der Waals surface area contributed by atoms with Crippen molar-refractivity contribution in [2.45, 2.75) is 40.2 Å². The summed E-state index contributed by atoms with van der Waals surface area (Å²) in [4.78, 5) is 22.8. The summed E-state index contributed by atoms with van der Waals surface area (Å²) < 4.78 is 13.9. The molecule has 0 spiro atoms. The SMILES string of the molecule is CCOc1ccc2nc(N(CCCN3CCOCC3)C(=O)c3cc(C)nn3C(C)C)sc2c1. The molecule has 178 valence electrons. The van der Waals surface area contributed by atoms with Crippen LogP contribution in [0.5, 0.6) is 5.75 Å². The van der Waals surface area contributed by atoms with E-state index in [4.69, 9.17) is 14.5 Å². The second-order valence-corrected chi connectivity index (χ2v) is 9.54. The fourth-order valence-corrected chi connectivity index (χ4v) is 5.05. The lowest BCUT2D eigenvalue weighted by Gasteiger charge is -2.28. The second kappa shape index (κ2) is 10.6. The van der Waals surface area contributed by atoms with Gasteiger partial charge in [-0.2, -0.15) is 5.10 Å². The Morgan fingerprint density at radius 1 is 1.27 bits per heavy atom. The van der Waals surface area contributed by atoms with E-state index in [1.54, 1.807) is 0 Å². The highest BCUT2D eigenvalue weighted by atomic mass is 32.1. The third-order valence-electron chi connectivity index (χ3n) is 5.66. The number of rotatable bonds is 9. The Morgan fingerprint density at radius 3 is 2.79 bits per heavy atom. The van der Waals surface area contributed by atoms with Gasteiger partial charge in [-0.05, 0) is 58.4 Å². The number of nitrogens with zero attached hydrogens (tertiary/aromatic N) is 5. The molecule has 3 heterocycles. The Labute approximate surface area is 199 Å². The molecule has 4 rings (SSSR count). The molecule has 1 aromatic carbocycles. The number of anilines is 1. The number of benzene rings is 1. The van der Waals surface area contributed by atoms with Crippen molar-refractivity contribution >= 4 is 32.6 Å². The van der Waals surface area contributed by atoms with E-state index in [-0.39, 0.29) is 11.9 Å². The molecule has 1 aliphatic rings. The lowest BCUT2D eigenvalue weighted by atomic mass is 10.2. The maximum atomic E-state index is 13.8. The van der Waals surface area contributed by atoms with Crippen molar-refractivity contribution in [2.75, 3.05) is 50.9 Å². The van der Waals surface area contributed by atoms with E-state index in [2.05, 4.69) is 10.00 Å². The standard InChI is InChI=1S/C24H33N5O3S/c1-5-32-19-7-8-20-22(16-19)33-24(25-20)28(10-6-9-27-11-13-31-14-12-27)23(30)21-15-18(4)26-29(21)17(2)3/h7-8,15-17H,5-6,9-14H2,1-4H3. The van der Waals surface area contributed by atoms with E-state index < -0.39 is 0 Å². The van der Waals surface area contributed by atoms with Gasteiger partial charge in [-0.3, -0.25) is 19.3 Å². The Bertz CT molecular complexity index is 1090. The van der Waals surface area contributed by atoms with Crippen LogP contribution in [-0.4, -0.2) is 71.6 Å². The van der Waals surface area contributed by atoms with Crippen LogP contribution in [-0.2, 0) is 4.74 Å². The molecule has 9 heteroatoms. The minimum absolute atomic E-state index is 0.0598. The highest BCUT2D eigenvalue weighted by molar-refractivity contribution is 7.22. The van der Waals surface area contributed by atoms with E-state index in [0.717, 1.165) is 60.9 Å². The fraction of sp³-hybridized carbons (Fsp3) is 0.542. The van der Waals surface area contributed by atoms with Gasteiger partial charge in [-0.25, -0.2) is 4.98 Å². The molecule has 1 amide bonds. The van der Waals surface area contributed by atoms with Gasteiger partial charge in [0.25, 0.3) is 5.91 Å². The molecule has 0 aliphatic carbocycles. The first-order valence-electron chi connectivity index (χ1n) is 11.7. The second-order valence-electron chi connectivity index (χ2n) is 8.53. The highest BCUT2D eigenvalue weighted by Crippen LogP contribution is 2.32. The van der Waals surface area contributed by atoms with Crippen molar-refractivity contribution in [3.05, 3.63) is 35.7 Å². The summed E-state index contributed by atoms with van der Waals surface area (Å²) in [5.74, 6) is 0.759. The number of aryl methyl sites for hydroxylation is 1. The van der Waals surface area contributed by atoms with Gasteiger partial charge in [-0.15, -0.1) is 0 Å². The van der Waals surface area contributed by atoms with E-state index in [0.29, 0.717) is 24.0 Å². The van der Waals surface area contributed by atoms with Gasteiger partial charge in [0.15, 0.2) is 5.13 Å². The molecule has 8 nitrogen and oxygen atoms in total. The predicted octanol–water partition coefficient (Wildman–Crippen LogP) is 4.15. The molecule has 0 atom stereocenters. The maximum absolute atomic E-state index is 13.8. The zero-order chi connectivity index (χ0) is 23.4. The molecule has 0 bridgehead atoms. The van der Waals surface area contributed by atoms with Gasteiger partial charge in [0, 0.05) is 32.2 Å². The molecule has 0 unspecified atom stereocenters. The molecule has 1 fully saturated rings. The first kappa shape index (κ1) is 23.7. The van der Waals surface area contributed by atoms with Crippen LogP contribution in [0.3, 0.4) is 0 Å². The summed E-state index contributed by atoms with van der Waals surface area (Å²) in [6, 6.07) is 7.85. The van der Waals surface area contributed by atoms with Crippen LogP contribution in [0.2, 0.25) is 0 Å². The van der Waals surface area contributed by atoms with Crippen LogP contribution in [0.15, 0.2) is 24.3 Å². The summed E-state index contributed by atoms with van der Waals surface area (Å²) in [5.41, 5.74) is 2.31. The number of fused-ring (bicyclic) bond motifs is 1. The van der Waals surface area contributed by atoms with E-state index in [9.17, 15) is 4.79 Å². The summed E-state index contributed by atoms with van der Waals surface area (Å²) in [5, 5.41) is 5.26. The zero-order valence-electron chi connectivity index (χ0n) is 19.9. The van der Waals surface area contributed by atoms with Gasteiger partial charge in [0.1, 0.15) is 11.4 Å². The topological polar surface area (TPSA) is 72.7 Å².